The summed E-state index contributed by atoms with van der Waals surface area (Å²) in [6.07, 6.45) is 12.0. The lowest BCUT2D eigenvalue weighted by atomic mass is 10.2. The smallest absolute Gasteiger partial charge is 0.247 e. The predicted octanol–water partition coefficient (Wildman–Crippen LogP) is 2.27. The number of aromatic nitrogens is 2. The summed E-state index contributed by atoms with van der Waals surface area (Å²) in [4.78, 5) is 3.12. The van der Waals surface area contributed by atoms with Gasteiger partial charge in [0.15, 0.2) is 0 Å². The Hall–Kier alpha value is -1.05. The van der Waals surface area contributed by atoms with Crippen molar-refractivity contribution in [2.24, 2.45) is 0 Å². The predicted molar refractivity (Wildman–Crippen MR) is 50.6 cm³/mol. The Bertz CT molecular complexity index is 248. The number of nitrogens with one attached hydrogen (secondary N) is 1. The zero-order valence-corrected chi connectivity index (χ0v) is 7.88. The molecule has 1 aromatic rings. The van der Waals surface area contributed by atoms with Gasteiger partial charge < -0.3 is 0 Å². The highest BCUT2D eigenvalue weighted by molar-refractivity contribution is 5.06. The number of imidazole rings is 1. The molecule has 1 rings (SSSR count). The van der Waals surface area contributed by atoms with E-state index in [-0.39, 0.29) is 0 Å². The maximum Gasteiger partial charge on any atom is 0.255 e. The van der Waals surface area contributed by atoms with Crippen molar-refractivity contribution < 1.29 is 4.57 Å². The molecule has 0 spiro atoms. The summed E-state index contributed by atoms with van der Waals surface area (Å²) in [5.41, 5.74) is 0. The standard InChI is InChI=1S/C10H16N2/c1-3-4-5-6-8-12-9-7-11-10(12)2/h6-9H,3-5H2,1-2H3/p+1. The number of allylic oxidation sites excluding steroid dienone is 1. The zero-order chi connectivity index (χ0) is 8.81. The van der Waals surface area contributed by atoms with Crippen LogP contribution in [0.2, 0.25) is 0 Å². The topological polar surface area (TPSA) is 19.7 Å². The molecular formula is C10H17N2+. The quantitative estimate of drug-likeness (QED) is 0.521. The molecule has 12 heavy (non-hydrogen) atoms. The monoisotopic (exact) mass is 165 g/mol. The highest BCUT2D eigenvalue weighted by atomic mass is 15.0. The average Bonchev–Trinajstić information content (AvgIpc) is 2.46. The molecule has 0 atom stereocenters. The first kappa shape index (κ1) is 9.04. The lowest BCUT2D eigenvalue weighted by Crippen LogP contribution is -2.26. The van der Waals surface area contributed by atoms with Gasteiger partial charge in [-0.2, -0.15) is 0 Å². The van der Waals surface area contributed by atoms with Crippen molar-refractivity contribution in [2.75, 3.05) is 0 Å². The minimum atomic E-state index is 1.17. The molecule has 0 aliphatic heterocycles. The van der Waals surface area contributed by atoms with Gasteiger partial charge in [0.2, 0.25) is 0 Å². The van der Waals surface area contributed by atoms with Crippen molar-refractivity contribution in [3.05, 3.63) is 24.3 Å². The molecule has 2 nitrogen and oxygen atoms in total. The van der Waals surface area contributed by atoms with Crippen LogP contribution >= 0.6 is 0 Å². The molecule has 0 unspecified atom stereocenters. The minimum absolute atomic E-state index is 1.17. The van der Waals surface area contributed by atoms with E-state index < -0.39 is 0 Å². The molecule has 0 bridgehead atoms. The first-order valence-electron chi connectivity index (χ1n) is 4.56. The Kier molecular flexibility index (Phi) is 3.58. The van der Waals surface area contributed by atoms with Gasteiger partial charge in [0, 0.05) is 6.92 Å². The van der Waals surface area contributed by atoms with Gasteiger partial charge in [-0.25, -0.2) is 9.55 Å². The highest BCUT2D eigenvalue weighted by Gasteiger charge is 1.97. The van der Waals surface area contributed by atoms with Crippen LogP contribution in [0.1, 0.15) is 32.0 Å². The van der Waals surface area contributed by atoms with Crippen LogP contribution < -0.4 is 4.57 Å². The third kappa shape index (κ3) is 2.53. The fourth-order valence-electron chi connectivity index (χ4n) is 1.10. The average molecular weight is 165 g/mol. The fraction of sp³-hybridized carbons (Fsp3) is 0.500. The number of hydrogen-bond acceptors (Lipinski definition) is 0. The van der Waals surface area contributed by atoms with Crippen LogP contribution in [0, 0.1) is 6.92 Å². The van der Waals surface area contributed by atoms with Gasteiger partial charge in [0.1, 0.15) is 12.4 Å². The fourth-order valence-corrected chi connectivity index (χ4v) is 1.10. The van der Waals surface area contributed by atoms with E-state index in [2.05, 4.69) is 35.7 Å². The normalized spacial score (nSPS) is 11.2. The molecule has 66 valence electrons. The number of aromatic amines is 1. The van der Waals surface area contributed by atoms with Crippen LogP contribution in [-0.2, 0) is 0 Å². The lowest BCUT2D eigenvalue weighted by Gasteiger charge is -1.88. The molecule has 0 saturated carbocycles. The maximum atomic E-state index is 3.12. The van der Waals surface area contributed by atoms with E-state index in [1.54, 1.807) is 0 Å². The molecule has 0 fully saturated rings. The number of nitrogens with zero attached hydrogens (tertiary/aromatic N) is 1. The van der Waals surface area contributed by atoms with Crippen LogP contribution in [0.4, 0.5) is 0 Å². The van der Waals surface area contributed by atoms with Gasteiger partial charge in [0.05, 0.1) is 6.20 Å². The van der Waals surface area contributed by atoms with Crippen LogP contribution in [-0.4, -0.2) is 4.98 Å². The van der Waals surface area contributed by atoms with Crippen LogP contribution in [0.3, 0.4) is 0 Å². The van der Waals surface area contributed by atoms with Gasteiger partial charge in [-0.1, -0.05) is 13.3 Å². The molecule has 0 aliphatic rings. The molecule has 2 heteroatoms. The molecule has 0 aliphatic carbocycles. The second-order valence-corrected chi connectivity index (χ2v) is 2.98. The van der Waals surface area contributed by atoms with Gasteiger partial charge in [-0.05, 0) is 18.9 Å². The Balaban J connectivity index is 2.41. The van der Waals surface area contributed by atoms with E-state index in [4.69, 9.17) is 0 Å². The molecule has 1 N–H and O–H groups in total. The summed E-state index contributed by atoms with van der Waals surface area (Å²) in [5, 5.41) is 0. The second kappa shape index (κ2) is 4.75. The van der Waals surface area contributed by atoms with Gasteiger partial charge >= 0.3 is 0 Å². The summed E-state index contributed by atoms with van der Waals surface area (Å²) < 4.78 is 2.09. The third-order valence-corrected chi connectivity index (χ3v) is 1.91. The molecule has 0 aromatic carbocycles. The van der Waals surface area contributed by atoms with Crippen LogP contribution in [0.5, 0.6) is 0 Å². The first-order chi connectivity index (χ1) is 5.84. The Morgan fingerprint density at radius 3 is 3.00 bits per heavy atom. The number of hydrogen-bond donors (Lipinski definition) is 1. The lowest BCUT2D eigenvalue weighted by molar-refractivity contribution is -0.574. The Labute approximate surface area is 73.9 Å². The van der Waals surface area contributed by atoms with Crippen molar-refractivity contribution in [1.82, 2.24) is 4.98 Å². The molecular weight excluding hydrogens is 148 g/mol. The summed E-state index contributed by atoms with van der Waals surface area (Å²) >= 11 is 0. The van der Waals surface area contributed by atoms with Crippen molar-refractivity contribution in [3.63, 3.8) is 0 Å². The molecule has 0 radical (unpaired) electrons. The second-order valence-electron chi connectivity index (χ2n) is 2.98. The van der Waals surface area contributed by atoms with Crippen molar-refractivity contribution in [1.29, 1.82) is 0 Å². The molecule has 0 saturated heterocycles. The number of H-pyrrole nitrogens is 1. The van der Waals surface area contributed by atoms with E-state index in [1.807, 2.05) is 12.4 Å². The molecule has 0 amide bonds. The van der Waals surface area contributed by atoms with E-state index in [9.17, 15) is 0 Å². The van der Waals surface area contributed by atoms with Gasteiger partial charge in [-0.15, -0.1) is 0 Å². The van der Waals surface area contributed by atoms with Crippen LogP contribution in [0.25, 0.3) is 6.20 Å². The van der Waals surface area contributed by atoms with E-state index >= 15 is 0 Å². The Morgan fingerprint density at radius 1 is 1.58 bits per heavy atom. The first-order valence-corrected chi connectivity index (χ1v) is 4.56. The maximum absolute atomic E-state index is 3.12. The van der Waals surface area contributed by atoms with Crippen molar-refractivity contribution in [2.45, 2.75) is 33.1 Å². The molecule has 1 aromatic heterocycles. The Morgan fingerprint density at radius 2 is 2.42 bits per heavy atom. The summed E-state index contributed by atoms with van der Waals surface area (Å²) in [6.45, 7) is 4.27. The van der Waals surface area contributed by atoms with E-state index in [1.165, 1.54) is 25.1 Å². The van der Waals surface area contributed by atoms with Gasteiger partial charge in [0.25, 0.3) is 5.82 Å². The van der Waals surface area contributed by atoms with Gasteiger partial charge in [-0.3, -0.25) is 0 Å². The summed E-state index contributed by atoms with van der Waals surface area (Å²) in [7, 11) is 0. The van der Waals surface area contributed by atoms with E-state index in [0.717, 1.165) is 0 Å². The van der Waals surface area contributed by atoms with Crippen LogP contribution in [0.15, 0.2) is 18.5 Å². The number of rotatable bonds is 4. The summed E-state index contributed by atoms with van der Waals surface area (Å²) in [5.74, 6) is 1.17. The highest BCUT2D eigenvalue weighted by Crippen LogP contribution is 1.94. The van der Waals surface area contributed by atoms with Crippen molar-refractivity contribution in [3.8, 4) is 0 Å². The minimum Gasteiger partial charge on any atom is -0.247 e. The SMILES string of the molecule is CCCCC=C[n+]1cc[nH]c1C. The van der Waals surface area contributed by atoms with Crippen molar-refractivity contribution >= 4 is 6.20 Å². The largest absolute Gasteiger partial charge is 0.255 e. The molecule has 1 heterocycles. The summed E-state index contributed by atoms with van der Waals surface area (Å²) in [6, 6.07) is 0. The zero-order valence-electron chi connectivity index (χ0n) is 7.88. The number of unbranched alkanes of at least 4 members (excludes halogenated alkanes) is 2. The van der Waals surface area contributed by atoms with E-state index in [0.29, 0.717) is 0 Å². The number of aryl methyl sites for hydroxylation is 1. The third-order valence-electron chi connectivity index (χ3n) is 1.91.